The number of benzene rings is 1. The number of halogens is 1. The van der Waals surface area contributed by atoms with Crippen LogP contribution in [-0.2, 0) is 11.3 Å². The lowest BCUT2D eigenvalue weighted by molar-refractivity contribution is -0.0839. The SMILES string of the molecule is CCN(Cc1cc(Cl)cc(OC)c1OC)C1CCOC(C)(C)C1. The van der Waals surface area contributed by atoms with E-state index in [4.69, 9.17) is 25.8 Å². The van der Waals surface area contributed by atoms with E-state index < -0.39 is 0 Å². The Kier molecular flexibility index (Phi) is 6.18. The van der Waals surface area contributed by atoms with Gasteiger partial charge in [0.1, 0.15) is 0 Å². The molecule has 1 aromatic carbocycles. The summed E-state index contributed by atoms with van der Waals surface area (Å²) in [5, 5.41) is 0.668. The van der Waals surface area contributed by atoms with Crippen molar-refractivity contribution >= 4 is 11.6 Å². The van der Waals surface area contributed by atoms with Crippen LogP contribution in [0.3, 0.4) is 0 Å². The third-order valence-corrected chi connectivity index (χ3v) is 4.71. The van der Waals surface area contributed by atoms with Crippen molar-refractivity contribution in [3.05, 3.63) is 22.7 Å². The maximum Gasteiger partial charge on any atom is 0.165 e. The van der Waals surface area contributed by atoms with Crippen molar-refractivity contribution in [3.8, 4) is 11.5 Å². The van der Waals surface area contributed by atoms with E-state index in [9.17, 15) is 0 Å². The summed E-state index contributed by atoms with van der Waals surface area (Å²) in [5.41, 5.74) is 0.995. The number of hydrogen-bond acceptors (Lipinski definition) is 4. The normalized spacial score (nSPS) is 20.6. The molecule has 1 aliphatic rings. The highest BCUT2D eigenvalue weighted by molar-refractivity contribution is 6.30. The average molecular weight is 342 g/mol. The van der Waals surface area contributed by atoms with Crippen LogP contribution >= 0.6 is 11.6 Å². The number of methoxy groups -OCH3 is 2. The molecule has 0 bridgehead atoms. The van der Waals surface area contributed by atoms with Crippen LogP contribution < -0.4 is 9.47 Å². The van der Waals surface area contributed by atoms with Gasteiger partial charge in [-0.25, -0.2) is 0 Å². The quantitative estimate of drug-likeness (QED) is 0.778. The van der Waals surface area contributed by atoms with Gasteiger partial charge in [-0.05, 0) is 39.3 Å². The van der Waals surface area contributed by atoms with Gasteiger partial charge in [0, 0.05) is 35.8 Å². The lowest BCUT2D eigenvalue weighted by Gasteiger charge is -2.41. The summed E-state index contributed by atoms with van der Waals surface area (Å²) in [6.45, 7) is 9.09. The van der Waals surface area contributed by atoms with Gasteiger partial charge in [-0.1, -0.05) is 18.5 Å². The molecule has 0 saturated carbocycles. The third-order valence-electron chi connectivity index (χ3n) is 4.49. The van der Waals surface area contributed by atoms with Crippen molar-refractivity contribution in [1.82, 2.24) is 4.90 Å². The molecule has 23 heavy (non-hydrogen) atoms. The van der Waals surface area contributed by atoms with E-state index in [2.05, 4.69) is 25.7 Å². The van der Waals surface area contributed by atoms with E-state index in [0.717, 1.165) is 43.9 Å². The van der Waals surface area contributed by atoms with E-state index in [1.54, 1.807) is 20.3 Å². The van der Waals surface area contributed by atoms with Gasteiger partial charge in [-0.3, -0.25) is 4.90 Å². The summed E-state index contributed by atoms with van der Waals surface area (Å²) in [7, 11) is 3.31. The summed E-state index contributed by atoms with van der Waals surface area (Å²) >= 11 is 6.24. The molecule has 130 valence electrons. The predicted molar refractivity (Wildman–Crippen MR) is 93.7 cm³/mol. The molecule has 1 saturated heterocycles. The minimum atomic E-state index is -0.0630. The molecule has 0 aliphatic carbocycles. The molecule has 0 N–H and O–H groups in total. The van der Waals surface area contributed by atoms with E-state index in [1.165, 1.54) is 0 Å². The molecule has 0 amide bonds. The molecule has 0 radical (unpaired) electrons. The van der Waals surface area contributed by atoms with Crippen molar-refractivity contribution < 1.29 is 14.2 Å². The Labute approximate surface area is 144 Å². The standard InChI is InChI=1S/C18H28ClNO3/c1-6-20(15-7-8-23-18(2,3)11-15)12-13-9-14(19)10-16(21-4)17(13)22-5/h9-10,15H,6-8,11-12H2,1-5H3. The maximum atomic E-state index is 6.24. The minimum Gasteiger partial charge on any atom is -0.493 e. The largest absolute Gasteiger partial charge is 0.493 e. The molecular formula is C18H28ClNO3. The highest BCUT2D eigenvalue weighted by Crippen LogP contribution is 2.36. The molecule has 1 unspecified atom stereocenters. The molecule has 0 aromatic heterocycles. The zero-order chi connectivity index (χ0) is 17.0. The smallest absolute Gasteiger partial charge is 0.165 e. The van der Waals surface area contributed by atoms with Gasteiger partial charge in [0.05, 0.1) is 19.8 Å². The molecule has 5 heteroatoms. The molecular weight excluding hydrogens is 314 g/mol. The second-order valence-corrected chi connectivity index (χ2v) is 7.05. The molecule has 0 spiro atoms. The molecule has 1 fully saturated rings. The molecule has 1 atom stereocenters. The first kappa shape index (κ1) is 18.4. The topological polar surface area (TPSA) is 30.9 Å². The highest BCUT2D eigenvalue weighted by atomic mass is 35.5. The number of hydrogen-bond donors (Lipinski definition) is 0. The van der Waals surface area contributed by atoms with Gasteiger partial charge < -0.3 is 14.2 Å². The fraction of sp³-hybridized carbons (Fsp3) is 0.667. The monoisotopic (exact) mass is 341 g/mol. The Morgan fingerprint density at radius 3 is 2.61 bits per heavy atom. The van der Waals surface area contributed by atoms with E-state index >= 15 is 0 Å². The average Bonchev–Trinajstić information content (AvgIpc) is 2.50. The van der Waals surface area contributed by atoms with Gasteiger partial charge in [-0.15, -0.1) is 0 Å². The first-order valence-corrected chi connectivity index (χ1v) is 8.56. The lowest BCUT2D eigenvalue weighted by atomic mass is 9.92. The Hall–Kier alpha value is -0.970. The van der Waals surface area contributed by atoms with Gasteiger partial charge in [0.15, 0.2) is 11.5 Å². The number of rotatable bonds is 6. The Morgan fingerprint density at radius 2 is 2.04 bits per heavy atom. The van der Waals surface area contributed by atoms with E-state index in [-0.39, 0.29) is 5.60 Å². The maximum absolute atomic E-state index is 6.24. The van der Waals surface area contributed by atoms with Crippen molar-refractivity contribution in [1.29, 1.82) is 0 Å². The molecule has 2 rings (SSSR count). The Morgan fingerprint density at radius 1 is 1.30 bits per heavy atom. The van der Waals surface area contributed by atoms with Gasteiger partial charge >= 0.3 is 0 Å². The predicted octanol–water partition coefficient (Wildman–Crippen LogP) is 4.14. The van der Waals surface area contributed by atoms with Gasteiger partial charge in [0.25, 0.3) is 0 Å². The van der Waals surface area contributed by atoms with Crippen molar-refractivity contribution in [2.24, 2.45) is 0 Å². The highest BCUT2D eigenvalue weighted by Gasteiger charge is 2.32. The number of nitrogens with zero attached hydrogens (tertiary/aromatic N) is 1. The van der Waals surface area contributed by atoms with Crippen LogP contribution in [0.4, 0.5) is 0 Å². The van der Waals surface area contributed by atoms with Gasteiger partial charge in [0.2, 0.25) is 0 Å². The molecule has 1 aliphatic heterocycles. The first-order chi connectivity index (χ1) is 10.9. The first-order valence-electron chi connectivity index (χ1n) is 8.18. The van der Waals surface area contributed by atoms with Crippen LogP contribution in [0.2, 0.25) is 5.02 Å². The lowest BCUT2D eigenvalue weighted by Crippen LogP contribution is -2.45. The Balaban J connectivity index is 2.23. The molecule has 4 nitrogen and oxygen atoms in total. The second-order valence-electron chi connectivity index (χ2n) is 6.62. The summed E-state index contributed by atoms with van der Waals surface area (Å²) in [5.74, 6) is 1.44. The van der Waals surface area contributed by atoms with Crippen LogP contribution in [0.25, 0.3) is 0 Å². The fourth-order valence-electron chi connectivity index (χ4n) is 3.35. The van der Waals surface area contributed by atoms with E-state index in [0.29, 0.717) is 16.8 Å². The molecule has 1 heterocycles. The third kappa shape index (κ3) is 4.52. The summed E-state index contributed by atoms with van der Waals surface area (Å²) in [4.78, 5) is 2.47. The van der Waals surface area contributed by atoms with Gasteiger partial charge in [-0.2, -0.15) is 0 Å². The van der Waals surface area contributed by atoms with E-state index in [1.807, 2.05) is 6.07 Å². The molecule has 1 aromatic rings. The van der Waals surface area contributed by atoms with Crippen molar-refractivity contribution in [2.45, 2.75) is 51.8 Å². The zero-order valence-corrected chi connectivity index (χ0v) is 15.6. The van der Waals surface area contributed by atoms with Crippen LogP contribution in [0.15, 0.2) is 12.1 Å². The Bertz CT molecular complexity index is 533. The van der Waals surface area contributed by atoms with Crippen molar-refractivity contribution in [3.63, 3.8) is 0 Å². The van der Waals surface area contributed by atoms with Crippen LogP contribution in [-0.4, -0.2) is 43.9 Å². The van der Waals surface area contributed by atoms with Crippen LogP contribution in [0.5, 0.6) is 11.5 Å². The second kappa shape index (κ2) is 7.73. The summed E-state index contributed by atoms with van der Waals surface area (Å²) in [6, 6.07) is 4.26. The zero-order valence-electron chi connectivity index (χ0n) is 14.8. The van der Waals surface area contributed by atoms with Crippen molar-refractivity contribution in [2.75, 3.05) is 27.4 Å². The van der Waals surface area contributed by atoms with Crippen LogP contribution in [0, 0.1) is 0 Å². The van der Waals surface area contributed by atoms with Crippen LogP contribution in [0.1, 0.15) is 39.2 Å². The number of ether oxygens (including phenoxy) is 3. The fourth-order valence-corrected chi connectivity index (χ4v) is 3.58. The summed E-state index contributed by atoms with van der Waals surface area (Å²) < 4.78 is 16.8. The minimum absolute atomic E-state index is 0.0630. The summed E-state index contributed by atoms with van der Waals surface area (Å²) in [6.07, 6.45) is 2.08.